The number of fused-ring (bicyclic) bond motifs is 1. The summed E-state index contributed by atoms with van der Waals surface area (Å²) in [6.45, 7) is 37.0. The minimum Gasteiger partial charge on any atom is -0.624 e. The van der Waals surface area contributed by atoms with Crippen molar-refractivity contribution in [2.45, 2.75) is 175 Å². The summed E-state index contributed by atoms with van der Waals surface area (Å²) in [5.74, 6) is 1.82. The Morgan fingerprint density at radius 2 is 1.57 bits per heavy atom. The van der Waals surface area contributed by atoms with Gasteiger partial charge in [0.2, 0.25) is 0 Å². The monoisotopic (exact) mass is 643 g/mol. The lowest BCUT2D eigenvalue weighted by Crippen LogP contribution is -2.49. The van der Waals surface area contributed by atoms with E-state index in [4.69, 9.17) is 8.85 Å². The lowest BCUT2D eigenvalue weighted by molar-refractivity contribution is -0.488. The Balaban J connectivity index is 1.89. The lowest BCUT2D eigenvalue weighted by atomic mass is 9.61. The first-order valence-corrected chi connectivity index (χ1v) is 23.5. The summed E-state index contributed by atoms with van der Waals surface area (Å²) < 4.78 is 15.3. The third-order valence-electron chi connectivity index (χ3n) is 12.6. The van der Waals surface area contributed by atoms with E-state index < -0.39 is 16.6 Å². The van der Waals surface area contributed by atoms with Crippen LogP contribution in [0, 0.1) is 28.4 Å². The molecule has 3 fully saturated rings. The molecule has 0 spiro atoms. The zero-order valence-electron chi connectivity index (χ0n) is 31.2. The van der Waals surface area contributed by atoms with Crippen LogP contribution in [-0.2, 0) is 8.85 Å². The van der Waals surface area contributed by atoms with Crippen LogP contribution in [0.4, 0.5) is 0 Å². The van der Waals surface area contributed by atoms with Gasteiger partial charge in [-0.3, -0.25) is 0 Å². The van der Waals surface area contributed by atoms with Gasteiger partial charge in [0.25, 0.3) is 0 Å². The Hall–Kier alpha value is -0.956. The highest BCUT2D eigenvalue weighted by Gasteiger charge is 2.51. The van der Waals surface area contributed by atoms with Crippen LogP contribution in [0.25, 0.3) is 0 Å². The largest absolute Gasteiger partial charge is 0.624 e. The quantitative estimate of drug-likeness (QED) is 0.0825. The van der Waals surface area contributed by atoms with Crippen LogP contribution in [0.15, 0.2) is 35.5 Å². The summed E-state index contributed by atoms with van der Waals surface area (Å²) in [4.78, 5) is 0. The van der Waals surface area contributed by atoms with E-state index in [2.05, 4.69) is 100 Å². The fourth-order valence-electron chi connectivity index (χ4n) is 7.62. The highest BCUT2D eigenvalue weighted by Crippen LogP contribution is 2.59. The van der Waals surface area contributed by atoms with E-state index >= 15 is 0 Å². The maximum absolute atomic E-state index is 12.3. The molecular formula is C38H69NO3Si2. The van der Waals surface area contributed by atoms with E-state index in [1.54, 1.807) is 5.57 Å². The van der Waals surface area contributed by atoms with Crippen LogP contribution in [0.5, 0.6) is 0 Å². The molecule has 0 heterocycles. The SMILES string of the molecule is C=C1/C(=C\C=C2/CCC[C@]3(C)[C@@H]([C@H](C)C/C=[N+](\[O-])C(C)C)CC[C@@H]23)C[C@@H](O[Si](C)(C)C(C)(C)C)C[C@@H]1O[Si](C)(C)C(C)(C)C. The smallest absolute Gasteiger partial charge is 0.192 e. The van der Waals surface area contributed by atoms with Crippen molar-refractivity contribution in [1.29, 1.82) is 0 Å². The second kappa shape index (κ2) is 13.6. The number of rotatable bonds is 9. The van der Waals surface area contributed by atoms with Crippen LogP contribution in [0.3, 0.4) is 0 Å². The molecule has 0 aromatic heterocycles. The van der Waals surface area contributed by atoms with Crippen LogP contribution >= 0.6 is 0 Å². The van der Waals surface area contributed by atoms with Gasteiger partial charge < -0.3 is 14.1 Å². The van der Waals surface area contributed by atoms with Crippen molar-refractivity contribution in [3.63, 3.8) is 0 Å². The molecule has 0 aromatic carbocycles. The fraction of sp³-hybridized carbons (Fsp3) is 0.816. The van der Waals surface area contributed by atoms with Gasteiger partial charge in [-0.1, -0.05) is 79.7 Å². The third-order valence-corrected chi connectivity index (χ3v) is 21.6. The number of hydrogen-bond donors (Lipinski definition) is 0. The summed E-state index contributed by atoms with van der Waals surface area (Å²) in [6, 6.07) is 0.0136. The molecule has 4 nitrogen and oxygen atoms in total. The van der Waals surface area contributed by atoms with Crippen LogP contribution < -0.4 is 0 Å². The Labute approximate surface area is 274 Å². The highest BCUT2D eigenvalue weighted by molar-refractivity contribution is 6.74. The minimum absolute atomic E-state index is 0.0136. The van der Waals surface area contributed by atoms with Gasteiger partial charge in [0.15, 0.2) is 28.9 Å². The van der Waals surface area contributed by atoms with Gasteiger partial charge in [0.05, 0.1) is 12.2 Å². The first-order valence-electron chi connectivity index (χ1n) is 17.7. The van der Waals surface area contributed by atoms with E-state index in [0.717, 1.165) is 24.0 Å². The molecule has 6 heteroatoms. The Kier molecular flexibility index (Phi) is 11.6. The molecule has 6 atom stereocenters. The van der Waals surface area contributed by atoms with Crippen LogP contribution in [-0.4, -0.2) is 45.8 Å². The Morgan fingerprint density at radius 1 is 0.977 bits per heavy atom. The number of nitrogens with zero attached hydrogens (tertiary/aromatic N) is 1. The standard InChI is InChI=1S/C38H69NO3Si2/c1-27(2)39(40)24-22-28(3)33-20-21-34-30(17-16-23-38(33,34)11)18-19-31-25-32(41-43(12,13)36(5,6)7)26-35(29(31)4)42-44(14,15)37(8,9)10/h18-19,24,27-28,32-35H,4,16-17,20-23,25-26H2,1-3,5-15H3/b30-18+,31-19-,39-24-/t28-,32-,33-,34+,35+,38-/m1/s1. The van der Waals surface area contributed by atoms with Crippen LogP contribution in [0.2, 0.25) is 36.3 Å². The maximum Gasteiger partial charge on any atom is 0.192 e. The molecule has 3 saturated carbocycles. The second-order valence-corrected chi connectivity index (χ2v) is 27.7. The van der Waals surface area contributed by atoms with Crippen molar-refractivity contribution in [3.05, 3.63) is 40.7 Å². The van der Waals surface area contributed by atoms with Gasteiger partial charge >= 0.3 is 0 Å². The average molecular weight is 644 g/mol. The van der Waals surface area contributed by atoms with Crippen molar-refractivity contribution in [3.8, 4) is 0 Å². The Bertz CT molecular complexity index is 1120. The van der Waals surface area contributed by atoms with Crippen LogP contribution in [0.1, 0.15) is 121 Å². The molecule has 252 valence electrons. The summed E-state index contributed by atoms with van der Waals surface area (Å²) in [7, 11) is -3.92. The molecule has 3 aliphatic carbocycles. The number of hydroxylamine groups is 1. The first-order chi connectivity index (χ1) is 20.0. The van der Waals surface area contributed by atoms with Crippen molar-refractivity contribution in [1.82, 2.24) is 0 Å². The second-order valence-electron chi connectivity index (χ2n) is 18.2. The predicted octanol–water partition coefficient (Wildman–Crippen LogP) is 11.2. The van der Waals surface area contributed by atoms with E-state index in [1.807, 2.05) is 20.1 Å². The molecule has 0 aliphatic heterocycles. The molecule has 44 heavy (non-hydrogen) atoms. The molecule has 0 bridgehead atoms. The van der Waals surface area contributed by atoms with E-state index in [0.29, 0.717) is 23.2 Å². The Morgan fingerprint density at radius 3 is 2.14 bits per heavy atom. The number of allylic oxidation sites excluding steroid dienone is 3. The van der Waals surface area contributed by atoms with Crippen molar-refractivity contribution < 1.29 is 13.6 Å². The van der Waals surface area contributed by atoms with Gasteiger partial charge in [-0.15, -0.1) is 0 Å². The highest BCUT2D eigenvalue weighted by atomic mass is 28.4. The van der Waals surface area contributed by atoms with Gasteiger partial charge in [0.1, 0.15) is 0 Å². The number of hydrogen-bond acceptors (Lipinski definition) is 3. The molecule has 0 radical (unpaired) electrons. The maximum atomic E-state index is 12.3. The van der Waals surface area contributed by atoms with Crippen molar-refractivity contribution >= 4 is 22.8 Å². The predicted molar refractivity (Wildman–Crippen MR) is 195 cm³/mol. The lowest BCUT2D eigenvalue weighted by Gasteiger charge is -2.45. The van der Waals surface area contributed by atoms with E-state index in [9.17, 15) is 5.21 Å². The fourth-order valence-corrected chi connectivity index (χ4v) is 10.3. The van der Waals surface area contributed by atoms with Crippen molar-refractivity contribution in [2.75, 3.05) is 0 Å². The summed E-state index contributed by atoms with van der Waals surface area (Å²) in [6.07, 6.45) is 15.9. The molecule has 0 unspecified atom stereocenters. The first kappa shape index (κ1) is 37.5. The topological polar surface area (TPSA) is 44.5 Å². The zero-order chi connectivity index (χ0) is 33.5. The molecular weight excluding hydrogens is 575 g/mol. The summed E-state index contributed by atoms with van der Waals surface area (Å²) >= 11 is 0. The summed E-state index contributed by atoms with van der Waals surface area (Å²) in [5.41, 5.74) is 4.43. The molecule has 3 rings (SSSR count). The van der Waals surface area contributed by atoms with E-state index in [-0.39, 0.29) is 28.3 Å². The average Bonchev–Trinajstić information content (AvgIpc) is 3.23. The molecule has 0 amide bonds. The zero-order valence-corrected chi connectivity index (χ0v) is 33.2. The molecule has 0 N–H and O–H groups in total. The van der Waals surface area contributed by atoms with Gasteiger partial charge in [-0.05, 0) is 123 Å². The van der Waals surface area contributed by atoms with Gasteiger partial charge in [0, 0.05) is 12.8 Å². The molecule has 0 saturated heterocycles. The normalized spacial score (nSPS) is 32.1. The molecule has 0 aromatic rings. The van der Waals surface area contributed by atoms with E-state index in [1.165, 1.54) is 43.3 Å². The summed E-state index contributed by atoms with van der Waals surface area (Å²) in [5, 5.41) is 12.6. The van der Waals surface area contributed by atoms with Gasteiger partial charge in [-0.25, -0.2) is 4.74 Å². The molecule has 3 aliphatic rings. The van der Waals surface area contributed by atoms with Gasteiger partial charge in [-0.2, -0.15) is 0 Å². The third kappa shape index (κ3) is 8.30. The van der Waals surface area contributed by atoms with Crippen molar-refractivity contribution in [2.24, 2.45) is 23.2 Å². The minimum atomic E-state index is -1.98.